The normalized spacial score (nSPS) is 16.0. The maximum Gasteiger partial charge on any atom is 0.255 e. The molecule has 174 valence electrons. The fourth-order valence-electron chi connectivity index (χ4n) is 4.20. The fourth-order valence-corrected chi connectivity index (χ4v) is 4.20. The lowest BCUT2D eigenvalue weighted by Gasteiger charge is -2.28. The number of aromatic nitrogens is 4. The second-order valence-electron chi connectivity index (χ2n) is 8.13. The zero-order valence-electron chi connectivity index (χ0n) is 18.6. The first kappa shape index (κ1) is 20.7. The Morgan fingerprint density at radius 3 is 2.77 bits per heavy atom. The predicted octanol–water partition coefficient (Wildman–Crippen LogP) is 3.70. The van der Waals surface area contributed by atoms with E-state index < -0.39 is 6.04 Å². The van der Waals surface area contributed by atoms with Gasteiger partial charge in [-0.3, -0.25) is 9.78 Å². The Morgan fingerprint density at radius 2 is 1.97 bits per heavy atom. The number of phenols is 1. The molecule has 0 aliphatic carbocycles. The van der Waals surface area contributed by atoms with Crippen LogP contribution in [0.5, 0.6) is 17.2 Å². The topological polar surface area (TPSA) is 123 Å². The second-order valence-corrected chi connectivity index (χ2v) is 8.13. The number of pyridine rings is 1. The van der Waals surface area contributed by atoms with Crippen molar-refractivity contribution in [1.82, 2.24) is 19.7 Å². The number of nitrogens with zero attached hydrogens (tertiary/aromatic N) is 4. The molecule has 3 N–H and O–H groups in total. The van der Waals surface area contributed by atoms with Crippen LogP contribution in [0.25, 0.3) is 11.4 Å². The standard InChI is InChI=1S/C25H20N6O4/c1-14-21(24(33)28-17-3-2-10-26-12-17)22(16-6-9-19-20(11-16)35-13-34-19)31-25(27-14)29-23(30-31)15-4-7-18(32)8-5-15/h2-12,22,32H,13H2,1H3,(H,28,33)(H,27,29,30). The van der Waals surface area contributed by atoms with E-state index in [2.05, 4.69) is 20.6 Å². The van der Waals surface area contributed by atoms with Crippen molar-refractivity contribution < 1.29 is 19.4 Å². The zero-order chi connectivity index (χ0) is 23.9. The summed E-state index contributed by atoms with van der Waals surface area (Å²) >= 11 is 0. The van der Waals surface area contributed by atoms with E-state index in [9.17, 15) is 9.90 Å². The van der Waals surface area contributed by atoms with Crippen molar-refractivity contribution >= 4 is 17.5 Å². The van der Waals surface area contributed by atoms with Crippen molar-refractivity contribution in [1.29, 1.82) is 0 Å². The summed E-state index contributed by atoms with van der Waals surface area (Å²) in [4.78, 5) is 22.3. The molecule has 1 atom stereocenters. The van der Waals surface area contributed by atoms with Crippen LogP contribution in [0.2, 0.25) is 0 Å². The predicted molar refractivity (Wildman–Crippen MR) is 127 cm³/mol. The van der Waals surface area contributed by atoms with Gasteiger partial charge in [0.2, 0.25) is 12.7 Å². The third kappa shape index (κ3) is 3.70. The summed E-state index contributed by atoms with van der Waals surface area (Å²) in [5.41, 5.74) is 3.22. The zero-order valence-corrected chi connectivity index (χ0v) is 18.6. The number of phenolic OH excluding ortho intramolecular Hbond substituents is 1. The maximum absolute atomic E-state index is 13.5. The average Bonchev–Trinajstić information content (AvgIpc) is 3.50. The number of fused-ring (bicyclic) bond motifs is 2. The molecule has 0 fully saturated rings. The van der Waals surface area contributed by atoms with Crippen molar-refractivity contribution in [2.75, 3.05) is 17.4 Å². The molecule has 6 rings (SSSR count). The molecule has 0 saturated carbocycles. The van der Waals surface area contributed by atoms with Crippen LogP contribution in [-0.4, -0.2) is 37.6 Å². The number of carbonyl (C=O) groups is 1. The van der Waals surface area contributed by atoms with Gasteiger partial charge in [0.05, 0.1) is 17.5 Å². The largest absolute Gasteiger partial charge is 0.508 e. The van der Waals surface area contributed by atoms with Gasteiger partial charge in [0, 0.05) is 17.5 Å². The Bertz CT molecular complexity index is 1460. The fraction of sp³-hybridized carbons (Fsp3) is 0.120. The molecule has 2 aromatic heterocycles. The van der Waals surface area contributed by atoms with Gasteiger partial charge in [-0.2, -0.15) is 4.98 Å². The Kier molecular flexibility index (Phi) is 4.84. The van der Waals surface area contributed by atoms with E-state index in [0.717, 1.165) is 11.1 Å². The average molecular weight is 468 g/mol. The van der Waals surface area contributed by atoms with E-state index in [4.69, 9.17) is 14.6 Å². The molecule has 0 radical (unpaired) electrons. The molecule has 4 heterocycles. The van der Waals surface area contributed by atoms with Gasteiger partial charge in [-0.1, -0.05) is 6.07 Å². The van der Waals surface area contributed by atoms with E-state index in [1.165, 1.54) is 0 Å². The van der Waals surface area contributed by atoms with Crippen LogP contribution in [0.15, 0.2) is 78.3 Å². The summed E-state index contributed by atoms with van der Waals surface area (Å²) < 4.78 is 12.7. The molecule has 10 heteroatoms. The molecule has 2 aliphatic rings. The lowest BCUT2D eigenvalue weighted by atomic mass is 9.94. The molecule has 2 aromatic carbocycles. The minimum atomic E-state index is -0.587. The molecule has 2 aliphatic heterocycles. The molecule has 1 unspecified atom stereocenters. The van der Waals surface area contributed by atoms with Crippen molar-refractivity contribution in [3.63, 3.8) is 0 Å². The molecular weight excluding hydrogens is 448 g/mol. The number of rotatable bonds is 4. The third-order valence-corrected chi connectivity index (χ3v) is 5.85. The summed E-state index contributed by atoms with van der Waals surface area (Å²) in [6.45, 7) is 1.98. The Labute approximate surface area is 199 Å². The third-order valence-electron chi connectivity index (χ3n) is 5.85. The van der Waals surface area contributed by atoms with Crippen LogP contribution >= 0.6 is 0 Å². The number of nitrogens with one attached hydrogen (secondary N) is 2. The summed E-state index contributed by atoms with van der Waals surface area (Å²) in [6.07, 6.45) is 3.23. The number of carbonyl (C=O) groups excluding carboxylic acids is 1. The number of hydrogen-bond acceptors (Lipinski definition) is 8. The maximum atomic E-state index is 13.5. The number of allylic oxidation sites excluding steroid dienone is 1. The minimum absolute atomic E-state index is 0.147. The van der Waals surface area contributed by atoms with Gasteiger partial charge in [-0.15, -0.1) is 5.10 Å². The molecule has 10 nitrogen and oxygen atoms in total. The van der Waals surface area contributed by atoms with Crippen molar-refractivity contribution in [3.8, 4) is 28.6 Å². The molecule has 0 spiro atoms. The first-order valence-electron chi connectivity index (χ1n) is 10.9. The lowest BCUT2D eigenvalue weighted by molar-refractivity contribution is -0.113. The van der Waals surface area contributed by atoms with Gasteiger partial charge >= 0.3 is 0 Å². The van der Waals surface area contributed by atoms with E-state index in [-0.39, 0.29) is 18.4 Å². The Hall–Kier alpha value is -4.86. The first-order chi connectivity index (χ1) is 17.1. The summed E-state index contributed by atoms with van der Waals surface area (Å²) in [7, 11) is 0. The van der Waals surface area contributed by atoms with Gasteiger partial charge in [-0.05, 0) is 61.0 Å². The highest BCUT2D eigenvalue weighted by molar-refractivity contribution is 6.06. The van der Waals surface area contributed by atoms with Gasteiger partial charge in [0.25, 0.3) is 5.91 Å². The summed E-state index contributed by atoms with van der Waals surface area (Å²) in [5.74, 6) is 2.06. The number of ether oxygens (including phenoxy) is 2. The summed E-state index contributed by atoms with van der Waals surface area (Å²) in [6, 6.07) is 15.1. The van der Waals surface area contributed by atoms with Crippen LogP contribution in [0, 0.1) is 0 Å². The van der Waals surface area contributed by atoms with Gasteiger partial charge in [-0.25, -0.2) is 4.68 Å². The highest BCUT2D eigenvalue weighted by atomic mass is 16.7. The second kappa shape index (κ2) is 8.17. The molecule has 1 amide bonds. The van der Waals surface area contributed by atoms with E-state index >= 15 is 0 Å². The van der Waals surface area contributed by atoms with E-state index in [1.807, 2.05) is 25.1 Å². The molecular formula is C25H20N6O4. The van der Waals surface area contributed by atoms with Crippen LogP contribution in [0.3, 0.4) is 0 Å². The quantitative estimate of drug-likeness (QED) is 0.414. The first-order valence-corrected chi connectivity index (χ1v) is 10.9. The Balaban J connectivity index is 1.46. The SMILES string of the molecule is CC1=C(C(=O)Nc2cccnc2)C(c2ccc3c(c2)OCO3)n2nc(-c3ccc(O)cc3)nc2N1. The lowest BCUT2D eigenvalue weighted by Crippen LogP contribution is -2.31. The number of anilines is 2. The monoisotopic (exact) mass is 468 g/mol. The number of amides is 1. The van der Waals surface area contributed by atoms with Crippen LogP contribution in [0.4, 0.5) is 11.6 Å². The summed E-state index contributed by atoms with van der Waals surface area (Å²) in [5, 5.41) is 20.5. The smallest absolute Gasteiger partial charge is 0.255 e. The molecule has 0 bridgehead atoms. The van der Waals surface area contributed by atoms with Crippen molar-refractivity contribution in [2.45, 2.75) is 13.0 Å². The number of benzene rings is 2. The number of hydrogen-bond donors (Lipinski definition) is 3. The minimum Gasteiger partial charge on any atom is -0.508 e. The number of aromatic hydroxyl groups is 1. The van der Waals surface area contributed by atoms with Crippen LogP contribution in [0.1, 0.15) is 18.5 Å². The van der Waals surface area contributed by atoms with Gasteiger partial charge < -0.3 is 25.2 Å². The van der Waals surface area contributed by atoms with Crippen molar-refractivity contribution in [3.05, 3.63) is 83.8 Å². The van der Waals surface area contributed by atoms with Crippen LogP contribution in [-0.2, 0) is 4.79 Å². The molecule has 0 saturated heterocycles. The highest BCUT2D eigenvalue weighted by Gasteiger charge is 2.35. The molecule has 35 heavy (non-hydrogen) atoms. The van der Waals surface area contributed by atoms with Crippen LogP contribution < -0.4 is 20.1 Å². The highest BCUT2D eigenvalue weighted by Crippen LogP contribution is 2.41. The van der Waals surface area contributed by atoms with E-state index in [1.54, 1.807) is 53.5 Å². The van der Waals surface area contributed by atoms with Gasteiger partial charge in [0.15, 0.2) is 17.3 Å². The Morgan fingerprint density at radius 1 is 1.14 bits per heavy atom. The van der Waals surface area contributed by atoms with E-state index in [0.29, 0.717) is 40.2 Å². The van der Waals surface area contributed by atoms with Crippen molar-refractivity contribution in [2.24, 2.45) is 0 Å². The molecule has 4 aromatic rings. The van der Waals surface area contributed by atoms with Gasteiger partial charge in [0.1, 0.15) is 11.8 Å².